The van der Waals surface area contributed by atoms with E-state index in [2.05, 4.69) is 5.10 Å². The third kappa shape index (κ3) is 3.06. The van der Waals surface area contributed by atoms with Gasteiger partial charge < -0.3 is 9.47 Å². The van der Waals surface area contributed by atoms with Crippen molar-refractivity contribution in [1.82, 2.24) is 9.78 Å². The van der Waals surface area contributed by atoms with Crippen LogP contribution in [-0.2, 0) is 7.05 Å². The van der Waals surface area contributed by atoms with Crippen LogP contribution in [0.3, 0.4) is 0 Å². The maximum Gasteiger partial charge on any atom is 0.189 e. The third-order valence-corrected chi connectivity index (χ3v) is 2.84. The Morgan fingerprint density at radius 3 is 2.70 bits per heavy atom. The molecule has 20 heavy (non-hydrogen) atoms. The molecule has 0 radical (unpaired) electrons. The van der Waals surface area contributed by atoms with Crippen molar-refractivity contribution in [3.63, 3.8) is 0 Å². The van der Waals surface area contributed by atoms with Crippen molar-refractivity contribution in [2.24, 2.45) is 7.05 Å². The van der Waals surface area contributed by atoms with E-state index in [0.717, 1.165) is 5.56 Å². The molecular weight excluding hydrogens is 256 g/mol. The van der Waals surface area contributed by atoms with E-state index in [1.165, 1.54) is 12.3 Å². The third-order valence-electron chi connectivity index (χ3n) is 2.84. The van der Waals surface area contributed by atoms with E-state index < -0.39 is 0 Å². The van der Waals surface area contributed by atoms with Crippen molar-refractivity contribution >= 4 is 11.9 Å². The van der Waals surface area contributed by atoms with Crippen LogP contribution in [-0.4, -0.2) is 29.8 Å². The smallest absolute Gasteiger partial charge is 0.189 e. The minimum Gasteiger partial charge on any atom is -0.497 e. The number of nitrogens with zero attached hydrogens (tertiary/aromatic N) is 2. The number of ether oxygens (including phenoxy) is 2. The predicted octanol–water partition coefficient (Wildman–Crippen LogP) is 2.33. The van der Waals surface area contributed by atoms with Gasteiger partial charge in [-0.2, -0.15) is 5.10 Å². The summed E-state index contributed by atoms with van der Waals surface area (Å²) in [6.07, 6.45) is 6.41. The van der Waals surface area contributed by atoms with Crippen molar-refractivity contribution in [2.45, 2.75) is 0 Å². The van der Waals surface area contributed by atoms with E-state index in [4.69, 9.17) is 9.47 Å². The Morgan fingerprint density at radius 1 is 1.30 bits per heavy atom. The quantitative estimate of drug-likeness (QED) is 0.619. The van der Waals surface area contributed by atoms with Crippen LogP contribution < -0.4 is 9.47 Å². The molecule has 0 fully saturated rings. The molecule has 0 aliphatic carbocycles. The Hall–Kier alpha value is -2.56. The maximum absolute atomic E-state index is 12.0. The summed E-state index contributed by atoms with van der Waals surface area (Å²) in [5.74, 6) is 1.28. The maximum atomic E-state index is 12.0. The lowest BCUT2D eigenvalue weighted by molar-refractivity contribution is 0.104. The zero-order valence-electron chi connectivity index (χ0n) is 11.7. The van der Waals surface area contributed by atoms with Crippen LogP contribution in [0.5, 0.6) is 11.5 Å². The summed E-state index contributed by atoms with van der Waals surface area (Å²) in [5.41, 5.74) is 1.33. The Bertz CT molecular complexity index is 644. The number of hydrogen-bond donors (Lipinski definition) is 0. The van der Waals surface area contributed by atoms with Gasteiger partial charge in [0.25, 0.3) is 0 Å². The Balaban J connectivity index is 2.24. The van der Waals surface area contributed by atoms with Gasteiger partial charge in [-0.15, -0.1) is 0 Å². The Morgan fingerprint density at radius 2 is 2.10 bits per heavy atom. The molecule has 0 bridgehead atoms. The normalized spacial score (nSPS) is 10.8. The fraction of sp³-hybridized carbons (Fsp3) is 0.200. The van der Waals surface area contributed by atoms with E-state index in [0.29, 0.717) is 17.1 Å². The summed E-state index contributed by atoms with van der Waals surface area (Å²) in [4.78, 5) is 12.0. The number of rotatable bonds is 5. The molecule has 2 rings (SSSR count). The summed E-state index contributed by atoms with van der Waals surface area (Å²) in [6.45, 7) is 0. The Labute approximate surface area is 117 Å². The number of benzene rings is 1. The number of aryl methyl sites for hydroxylation is 1. The molecule has 0 saturated carbocycles. The standard InChI is InChI=1S/C15H16N2O3/c1-17-10-12(9-16-17)14(18)6-4-11-8-13(19-2)5-7-15(11)20-3/h4-10H,1-3H3/b6-4-. The SMILES string of the molecule is COc1ccc(OC)c(/C=C\C(=O)c2cnn(C)c2)c1. The number of carbonyl (C=O) groups excluding carboxylic acids is 1. The van der Waals surface area contributed by atoms with E-state index in [1.54, 1.807) is 50.4 Å². The first-order chi connectivity index (χ1) is 9.63. The van der Waals surface area contributed by atoms with Gasteiger partial charge in [0.1, 0.15) is 11.5 Å². The predicted molar refractivity (Wildman–Crippen MR) is 76.1 cm³/mol. The first kappa shape index (κ1) is 13.9. The monoisotopic (exact) mass is 272 g/mol. The van der Waals surface area contributed by atoms with Gasteiger partial charge in [-0.25, -0.2) is 0 Å². The molecule has 0 atom stereocenters. The highest BCUT2D eigenvalue weighted by Crippen LogP contribution is 2.25. The lowest BCUT2D eigenvalue weighted by Crippen LogP contribution is -1.93. The van der Waals surface area contributed by atoms with Crippen molar-refractivity contribution in [2.75, 3.05) is 14.2 Å². The summed E-state index contributed by atoms with van der Waals surface area (Å²) < 4.78 is 12.0. The molecule has 2 aromatic rings. The van der Waals surface area contributed by atoms with Crippen LogP contribution in [0.4, 0.5) is 0 Å². The van der Waals surface area contributed by atoms with Gasteiger partial charge in [0.05, 0.1) is 26.0 Å². The van der Waals surface area contributed by atoms with Crippen LogP contribution in [0.25, 0.3) is 6.08 Å². The highest BCUT2D eigenvalue weighted by molar-refractivity contribution is 6.06. The molecule has 5 heteroatoms. The fourth-order valence-electron chi connectivity index (χ4n) is 1.78. The molecule has 1 aromatic heterocycles. The van der Waals surface area contributed by atoms with Crippen LogP contribution in [0.15, 0.2) is 36.7 Å². The lowest BCUT2D eigenvalue weighted by atomic mass is 10.1. The number of hydrogen-bond acceptors (Lipinski definition) is 4. The van der Waals surface area contributed by atoms with E-state index in [1.807, 2.05) is 6.07 Å². The Kier molecular flexibility index (Phi) is 4.20. The zero-order valence-corrected chi connectivity index (χ0v) is 11.7. The molecule has 0 spiro atoms. The van der Waals surface area contributed by atoms with Crippen molar-refractivity contribution < 1.29 is 14.3 Å². The number of methoxy groups -OCH3 is 2. The average molecular weight is 272 g/mol. The van der Waals surface area contributed by atoms with Crippen molar-refractivity contribution in [3.8, 4) is 11.5 Å². The van der Waals surface area contributed by atoms with Gasteiger partial charge in [-0.1, -0.05) is 0 Å². The minimum absolute atomic E-state index is 0.108. The number of carbonyl (C=O) groups is 1. The van der Waals surface area contributed by atoms with E-state index in [-0.39, 0.29) is 5.78 Å². The van der Waals surface area contributed by atoms with Gasteiger partial charge in [0.15, 0.2) is 5.78 Å². The molecule has 0 aliphatic heterocycles. The summed E-state index contributed by atoms with van der Waals surface area (Å²) >= 11 is 0. The second-order valence-electron chi connectivity index (χ2n) is 4.21. The molecule has 0 amide bonds. The topological polar surface area (TPSA) is 53.4 Å². The van der Waals surface area contributed by atoms with Gasteiger partial charge >= 0.3 is 0 Å². The van der Waals surface area contributed by atoms with Crippen LogP contribution in [0.1, 0.15) is 15.9 Å². The van der Waals surface area contributed by atoms with Crippen LogP contribution in [0, 0.1) is 0 Å². The van der Waals surface area contributed by atoms with Crippen LogP contribution in [0.2, 0.25) is 0 Å². The van der Waals surface area contributed by atoms with Gasteiger partial charge in [0.2, 0.25) is 0 Å². The summed E-state index contributed by atoms with van der Waals surface area (Å²) in [6, 6.07) is 5.41. The average Bonchev–Trinajstić information content (AvgIpc) is 2.91. The molecular formula is C15H16N2O3. The molecule has 1 heterocycles. The minimum atomic E-state index is -0.108. The molecule has 0 N–H and O–H groups in total. The lowest BCUT2D eigenvalue weighted by Gasteiger charge is -2.06. The fourth-order valence-corrected chi connectivity index (χ4v) is 1.78. The van der Waals surface area contributed by atoms with Crippen molar-refractivity contribution in [1.29, 1.82) is 0 Å². The van der Waals surface area contributed by atoms with E-state index in [9.17, 15) is 4.79 Å². The number of aromatic nitrogens is 2. The second-order valence-corrected chi connectivity index (χ2v) is 4.21. The largest absolute Gasteiger partial charge is 0.497 e. The first-order valence-electron chi connectivity index (χ1n) is 6.07. The number of ketones is 1. The van der Waals surface area contributed by atoms with Gasteiger partial charge in [0, 0.05) is 18.8 Å². The molecule has 1 aromatic carbocycles. The molecule has 5 nitrogen and oxygen atoms in total. The second kappa shape index (κ2) is 6.06. The van der Waals surface area contributed by atoms with Crippen molar-refractivity contribution in [3.05, 3.63) is 47.8 Å². The highest BCUT2D eigenvalue weighted by Gasteiger charge is 2.06. The molecule has 0 aliphatic rings. The molecule has 0 unspecified atom stereocenters. The van der Waals surface area contributed by atoms with Gasteiger partial charge in [-0.3, -0.25) is 9.48 Å². The molecule has 0 saturated heterocycles. The zero-order chi connectivity index (χ0) is 14.5. The number of allylic oxidation sites excluding steroid dienone is 1. The summed E-state index contributed by atoms with van der Waals surface area (Å²) in [7, 11) is 4.95. The first-order valence-corrected chi connectivity index (χ1v) is 6.07. The van der Waals surface area contributed by atoms with Gasteiger partial charge in [-0.05, 0) is 30.4 Å². The summed E-state index contributed by atoms with van der Waals surface area (Å²) in [5, 5.41) is 3.97. The van der Waals surface area contributed by atoms with Crippen LogP contribution >= 0.6 is 0 Å². The van der Waals surface area contributed by atoms with E-state index >= 15 is 0 Å². The molecule has 104 valence electrons. The highest BCUT2D eigenvalue weighted by atomic mass is 16.5.